The Bertz CT molecular complexity index is 150. The van der Waals surface area contributed by atoms with Gasteiger partial charge in [0.2, 0.25) is 0 Å². The molecule has 1 aliphatic heterocycles. The Morgan fingerprint density at radius 3 is 2.82 bits per heavy atom. The van der Waals surface area contributed by atoms with Crippen LogP contribution < -0.4 is 5.32 Å². The standard InChI is InChI=1S/C8H15NO2/c1-3-8(7(10)11-2)4-5-9-6-8/h9H,3-6H2,1-2H3/t8-/m1/s1. The first-order chi connectivity index (χ1) is 5.25. The molecule has 1 rings (SSSR count). The van der Waals surface area contributed by atoms with Crippen molar-refractivity contribution in [2.45, 2.75) is 19.8 Å². The summed E-state index contributed by atoms with van der Waals surface area (Å²) in [5.41, 5.74) is -0.227. The Morgan fingerprint density at radius 2 is 2.45 bits per heavy atom. The first kappa shape index (κ1) is 8.53. The largest absolute Gasteiger partial charge is 0.469 e. The minimum atomic E-state index is -0.227. The second-order valence-electron chi connectivity index (χ2n) is 3.05. The van der Waals surface area contributed by atoms with Gasteiger partial charge >= 0.3 is 5.97 Å². The van der Waals surface area contributed by atoms with Gasteiger partial charge in [-0.15, -0.1) is 0 Å². The summed E-state index contributed by atoms with van der Waals surface area (Å²) in [5.74, 6) is -0.0648. The van der Waals surface area contributed by atoms with Crippen molar-refractivity contribution in [1.29, 1.82) is 0 Å². The minimum absolute atomic E-state index is 0.0648. The molecule has 1 N–H and O–H groups in total. The number of hydrogen-bond donors (Lipinski definition) is 1. The van der Waals surface area contributed by atoms with Gasteiger partial charge in [0.05, 0.1) is 12.5 Å². The molecule has 0 aromatic heterocycles. The van der Waals surface area contributed by atoms with Gasteiger partial charge in [0.25, 0.3) is 0 Å². The van der Waals surface area contributed by atoms with Crippen molar-refractivity contribution in [3.8, 4) is 0 Å². The summed E-state index contributed by atoms with van der Waals surface area (Å²) < 4.78 is 4.75. The van der Waals surface area contributed by atoms with Crippen LogP contribution in [0.2, 0.25) is 0 Å². The van der Waals surface area contributed by atoms with Crippen LogP contribution in [0.25, 0.3) is 0 Å². The average molecular weight is 157 g/mol. The van der Waals surface area contributed by atoms with E-state index in [-0.39, 0.29) is 11.4 Å². The Kier molecular flexibility index (Phi) is 2.49. The van der Waals surface area contributed by atoms with E-state index < -0.39 is 0 Å². The second-order valence-corrected chi connectivity index (χ2v) is 3.05. The van der Waals surface area contributed by atoms with Crippen molar-refractivity contribution < 1.29 is 9.53 Å². The summed E-state index contributed by atoms with van der Waals surface area (Å²) in [5, 5.41) is 3.18. The van der Waals surface area contributed by atoms with Crippen molar-refractivity contribution in [2.75, 3.05) is 20.2 Å². The predicted molar refractivity (Wildman–Crippen MR) is 42.2 cm³/mol. The number of carbonyl (C=O) groups excluding carboxylic acids is 1. The lowest BCUT2D eigenvalue weighted by molar-refractivity contribution is -0.151. The fraction of sp³-hybridized carbons (Fsp3) is 0.875. The maximum absolute atomic E-state index is 11.3. The number of methoxy groups -OCH3 is 1. The molecule has 0 amide bonds. The number of nitrogens with one attached hydrogen (secondary N) is 1. The molecule has 0 aromatic carbocycles. The van der Waals surface area contributed by atoms with Crippen LogP contribution in [0.1, 0.15) is 19.8 Å². The SMILES string of the molecule is CC[C@@]1(C(=O)OC)CCNC1. The van der Waals surface area contributed by atoms with E-state index in [2.05, 4.69) is 5.32 Å². The van der Waals surface area contributed by atoms with E-state index >= 15 is 0 Å². The van der Waals surface area contributed by atoms with Crippen LogP contribution >= 0.6 is 0 Å². The van der Waals surface area contributed by atoms with Crippen molar-refractivity contribution in [3.63, 3.8) is 0 Å². The zero-order valence-electron chi connectivity index (χ0n) is 7.14. The highest BCUT2D eigenvalue weighted by Crippen LogP contribution is 2.30. The van der Waals surface area contributed by atoms with Crippen molar-refractivity contribution in [1.82, 2.24) is 5.32 Å². The highest BCUT2D eigenvalue weighted by atomic mass is 16.5. The Morgan fingerprint density at radius 1 is 1.73 bits per heavy atom. The van der Waals surface area contributed by atoms with Crippen LogP contribution in [-0.2, 0) is 9.53 Å². The zero-order valence-corrected chi connectivity index (χ0v) is 7.14. The summed E-state index contributed by atoms with van der Waals surface area (Å²) in [6.45, 7) is 3.74. The molecule has 0 aromatic rings. The maximum atomic E-state index is 11.3. The highest BCUT2D eigenvalue weighted by Gasteiger charge is 2.40. The lowest BCUT2D eigenvalue weighted by atomic mass is 9.84. The molecule has 0 radical (unpaired) electrons. The Labute approximate surface area is 67.1 Å². The summed E-state index contributed by atoms with van der Waals surface area (Å²) in [6, 6.07) is 0. The van der Waals surface area contributed by atoms with E-state index in [4.69, 9.17) is 4.74 Å². The van der Waals surface area contributed by atoms with Gasteiger partial charge < -0.3 is 10.1 Å². The van der Waals surface area contributed by atoms with Crippen molar-refractivity contribution in [2.24, 2.45) is 5.41 Å². The molecular weight excluding hydrogens is 142 g/mol. The monoisotopic (exact) mass is 157 g/mol. The Balaban J connectivity index is 2.66. The van der Waals surface area contributed by atoms with Gasteiger partial charge in [-0.25, -0.2) is 0 Å². The maximum Gasteiger partial charge on any atom is 0.313 e. The molecule has 0 spiro atoms. The summed E-state index contributed by atoms with van der Waals surface area (Å²) in [4.78, 5) is 11.3. The molecule has 1 heterocycles. The normalized spacial score (nSPS) is 30.4. The van der Waals surface area contributed by atoms with Crippen LogP contribution in [0, 0.1) is 5.41 Å². The molecule has 64 valence electrons. The van der Waals surface area contributed by atoms with Gasteiger partial charge in [0.1, 0.15) is 0 Å². The number of esters is 1. The van der Waals surface area contributed by atoms with Gasteiger partial charge in [-0.3, -0.25) is 4.79 Å². The molecule has 1 aliphatic rings. The highest BCUT2D eigenvalue weighted by molar-refractivity contribution is 5.77. The van der Waals surface area contributed by atoms with Gasteiger partial charge in [0, 0.05) is 6.54 Å². The Hall–Kier alpha value is -0.570. The predicted octanol–water partition coefficient (Wildman–Crippen LogP) is 0.549. The molecule has 0 bridgehead atoms. The summed E-state index contributed by atoms with van der Waals surface area (Å²) >= 11 is 0. The molecule has 3 heteroatoms. The van der Waals surface area contributed by atoms with Gasteiger partial charge in [-0.1, -0.05) is 6.92 Å². The molecule has 0 aliphatic carbocycles. The second kappa shape index (κ2) is 3.22. The van der Waals surface area contributed by atoms with Crippen LogP contribution in [0.15, 0.2) is 0 Å². The molecule has 0 saturated carbocycles. The topological polar surface area (TPSA) is 38.3 Å². The third-order valence-electron chi connectivity index (χ3n) is 2.54. The van der Waals surface area contributed by atoms with Gasteiger partial charge in [0.15, 0.2) is 0 Å². The van der Waals surface area contributed by atoms with Gasteiger partial charge in [-0.2, -0.15) is 0 Å². The molecule has 1 saturated heterocycles. The minimum Gasteiger partial charge on any atom is -0.469 e. The van der Waals surface area contributed by atoms with Crippen LogP contribution in [0.4, 0.5) is 0 Å². The summed E-state index contributed by atoms with van der Waals surface area (Å²) in [7, 11) is 1.46. The third-order valence-corrected chi connectivity index (χ3v) is 2.54. The van der Waals surface area contributed by atoms with Gasteiger partial charge in [-0.05, 0) is 19.4 Å². The quantitative estimate of drug-likeness (QED) is 0.595. The first-order valence-electron chi connectivity index (χ1n) is 4.04. The number of hydrogen-bond acceptors (Lipinski definition) is 3. The molecule has 3 nitrogen and oxygen atoms in total. The molecular formula is C8H15NO2. The van der Waals surface area contributed by atoms with E-state index in [0.29, 0.717) is 0 Å². The molecule has 11 heavy (non-hydrogen) atoms. The van der Waals surface area contributed by atoms with E-state index in [1.165, 1.54) is 7.11 Å². The van der Waals surface area contributed by atoms with E-state index in [9.17, 15) is 4.79 Å². The van der Waals surface area contributed by atoms with E-state index in [1.807, 2.05) is 6.92 Å². The average Bonchev–Trinajstić information content (AvgIpc) is 2.52. The van der Waals surface area contributed by atoms with Crippen LogP contribution in [0.3, 0.4) is 0 Å². The molecule has 1 fully saturated rings. The fourth-order valence-corrected chi connectivity index (χ4v) is 1.58. The number of carbonyl (C=O) groups is 1. The fourth-order valence-electron chi connectivity index (χ4n) is 1.58. The van der Waals surface area contributed by atoms with Crippen molar-refractivity contribution >= 4 is 5.97 Å². The zero-order chi connectivity index (χ0) is 8.32. The molecule has 0 unspecified atom stereocenters. The smallest absolute Gasteiger partial charge is 0.313 e. The number of rotatable bonds is 2. The first-order valence-corrected chi connectivity index (χ1v) is 4.04. The van der Waals surface area contributed by atoms with E-state index in [0.717, 1.165) is 25.9 Å². The van der Waals surface area contributed by atoms with Crippen LogP contribution in [0.5, 0.6) is 0 Å². The van der Waals surface area contributed by atoms with Crippen LogP contribution in [-0.4, -0.2) is 26.2 Å². The lowest BCUT2D eigenvalue weighted by Crippen LogP contribution is -2.33. The summed E-state index contributed by atoms with van der Waals surface area (Å²) in [6.07, 6.45) is 1.78. The van der Waals surface area contributed by atoms with E-state index in [1.54, 1.807) is 0 Å². The van der Waals surface area contributed by atoms with Crippen molar-refractivity contribution in [3.05, 3.63) is 0 Å². The number of ether oxygens (including phenoxy) is 1. The third kappa shape index (κ3) is 1.38. The molecule has 1 atom stereocenters. The lowest BCUT2D eigenvalue weighted by Gasteiger charge is -2.22.